The second-order valence-corrected chi connectivity index (χ2v) is 3.62. The molecule has 0 saturated carbocycles. The van der Waals surface area contributed by atoms with E-state index in [1.54, 1.807) is 6.92 Å². The molecular weight excluding hydrogens is 258 g/mol. The second-order valence-electron chi connectivity index (χ2n) is 3.62. The molecule has 1 N–H and O–H groups in total. The highest BCUT2D eigenvalue weighted by molar-refractivity contribution is 5.59. The summed E-state index contributed by atoms with van der Waals surface area (Å²) < 4.78 is 9.15. The second kappa shape index (κ2) is 10.2. The van der Waals surface area contributed by atoms with Gasteiger partial charge in [0.1, 0.15) is 0 Å². The van der Waals surface area contributed by atoms with Crippen molar-refractivity contribution in [1.29, 1.82) is 0 Å². The molecule has 9 nitrogen and oxygen atoms in total. The topological polar surface area (TPSA) is 107 Å². The number of carbonyl (C=O) groups excluding carboxylic acids is 1. The summed E-state index contributed by atoms with van der Waals surface area (Å²) in [6, 6.07) is 0. The van der Waals surface area contributed by atoms with E-state index in [9.17, 15) is 10.0 Å². The molecule has 1 atom stereocenters. The Hall–Kier alpha value is -1.77. The van der Waals surface area contributed by atoms with Crippen LogP contribution in [0.15, 0.2) is 5.28 Å². The molecule has 19 heavy (non-hydrogen) atoms. The van der Waals surface area contributed by atoms with Crippen LogP contribution in [-0.4, -0.2) is 54.3 Å². The Kier molecular flexibility index (Phi) is 9.23. The average molecular weight is 279 g/mol. The molecule has 9 heteroatoms. The molecule has 0 saturated heterocycles. The molecule has 0 heterocycles. The minimum absolute atomic E-state index is 0.0742. The van der Waals surface area contributed by atoms with Gasteiger partial charge in [0.05, 0.1) is 25.2 Å². The van der Waals surface area contributed by atoms with Gasteiger partial charge >= 0.3 is 6.16 Å². The average Bonchev–Trinajstić information content (AvgIpc) is 2.36. The van der Waals surface area contributed by atoms with Crippen LogP contribution in [0.25, 0.3) is 0 Å². The predicted octanol–water partition coefficient (Wildman–Crippen LogP) is 1.02. The van der Waals surface area contributed by atoms with E-state index in [0.29, 0.717) is 19.4 Å². The summed E-state index contributed by atoms with van der Waals surface area (Å²) in [5, 5.41) is 24.5. The number of unbranched alkanes of at least 4 members (excludes halogenated alkanes) is 1. The van der Waals surface area contributed by atoms with E-state index in [-0.39, 0.29) is 18.2 Å². The van der Waals surface area contributed by atoms with Crippen molar-refractivity contribution in [3.8, 4) is 0 Å². The quantitative estimate of drug-likeness (QED) is 0.168. The van der Waals surface area contributed by atoms with E-state index in [4.69, 9.17) is 5.11 Å². The minimum atomic E-state index is -1.03. The number of ether oxygens (including phenoxy) is 2. The smallest absolute Gasteiger partial charge is 0.511 e. The van der Waals surface area contributed by atoms with Gasteiger partial charge < -0.3 is 19.8 Å². The van der Waals surface area contributed by atoms with Gasteiger partial charge in [-0.05, 0) is 19.8 Å². The molecule has 0 aromatic rings. The molecule has 0 aliphatic heterocycles. The summed E-state index contributed by atoms with van der Waals surface area (Å²) in [6.07, 6.45) is -0.669. The third kappa shape index (κ3) is 8.89. The largest absolute Gasteiger partial charge is 0.569 e. The molecule has 0 radical (unpaired) electrons. The molecule has 0 aromatic heterocycles. The van der Waals surface area contributed by atoms with E-state index in [1.807, 2.05) is 0 Å². The Bertz CT molecular complexity index is 286. The maximum Gasteiger partial charge on any atom is 0.511 e. The third-order valence-corrected chi connectivity index (χ3v) is 1.97. The van der Waals surface area contributed by atoms with Crippen LogP contribution in [0.1, 0.15) is 26.7 Å². The van der Waals surface area contributed by atoms with Crippen molar-refractivity contribution < 1.29 is 29.2 Å². The van der Waals surface area contributed by atoms with E-state index in [2.05, 4.69) is 19.6 Å². The van der Waals surface area contributed by atoms with Gasteiger partial charge in [-0.2, -0.15) is 0 Å². The van der Waals surface area contributed by atoms with Crippen LogP contribution in [0.5, 0.6) is 0 Å². The molecule has 0 aliphatic carbocycles. The summed E-state index contributed by atoms with van der Waals surface area (Å²) in [5.41, 5.74) is 0. The summed E-state index contributed by atoms with van der Waals surface area (Å²) >= 11 is 0. The predicted molar refractivity (Wildman–Crippen MR) is 63.7 cm³/mol. The summed E-state index contributed by atoms with van der Waals surface area (Å²) in [6.45, 7) is 3.72. The highest BCUT2D eigenvalue weighted by atomic mass is 16.8. The van der Waals surface area contributed by atoms with E-state index >= 15 is 0 Å². The Labute approximate surface area is 111 Å². The fourth-order valence-electron chi connectivity index (χ4n) is 1.02. The van der Waals surface area contributed by atoms with Crippen LogP contribution in [0.4, 0.5) is 4.79 Å². The van der Waals surface area contributed by atoms with Gasteiger partial charge in [0.15, 0.2) is 0 Å². The van der Waals surface area contributed by atoms with Crippen molar-refractivity contribution >= 4 is 6.16 Å². The van der Waals surface area contributed by atoms with Crippen molar-refractivity contribution in [2.24, 2.45) is 5.28 Å². The van der Waals surface area contributed by atoms with Crippen LogP contribution in [-0.2, 0) is 14.3 Å². The van der Waals surface area contributed by atoms with Crippen LogP contribution >= 0.6 is 0 Å². The lowest BCUT2D eigenvalue weighted by molar-refractivity contribution is -0.707. The first-order valence-electron chi connectivity index (χ1n) is 6.00. The van der Waals surface area contributed by atoms with Crippen LogP contribution in [0.2, 0.25) is 0 Å². The molecule has 0 amide bonds. The Morgan fingerprint density at radius 2 is 2.21 bits per heavy atom. The highest BCUT2D eigenvalue weighted by Gasteiger charge is 2.13. The van der Waals surface area contributed by atoms with Gasteiger partial charge in [-0.1, -0.05) is 0 Å². The third-order valence-electron chi connectivity index (χ3n) is 1.97. The van der Waals surface area contributed by atoms with E-state index < -0.39 is 12.4 Å². The highest BCUT2D eigenvalue weighted by Crippen LogP contribution is 1.99. The van der Waals surface area contributed by atoms with Gasteiger partial charge in [0, 0.05) is 13.5 Å². The first-order valence-corrected chi connectivity index (χ1v) is 6.00. The fourth-order valence-corrected chi connectivity index (χ4v) is 1.02. The standard InChI is InChI=1S/C10H21N3O6/c1-4-17-10(15)18-9(2)19-11-13(16)12(3)7-5-6-8-14/h9,14H,4-8H2,1-3H3/b13-11-. The first-order chi connectivity index (χ1) is 9.01. The monoisotopic (exact) mass is 279 g/mol. The van der Waals surface area contributed by atoms with Gasteiger partial charge in [0.2, 0.25) is 5.28 Å². The van der Waals surface area contributed by atoms with Crippen molar-refractivity contribution in [1.82, 2.24) is 5.01 Å². The van der Waals surface area contributed by atoms with Crippen molar-refractivity contribution in [2.75, 3.05) is 26.8 Å². The molecular formula is C10H21N3O6. The summed E-state index contributed by atoms with van der Waals surface area (Å²) in [5.74, 6) is 0. The summed E-state index contributed by atoms with van der Waals surface area (Å²) in [4.78, 5) is 15.8. The van der Waals surface area contributed by atoms with Gasteiger partial charge in [-0.25, -0.2) is 4.79 Å². The first kappa shape index (κ1) is 17.2. The molecule has 0 spiro atoms. The molecule has 0 fully saturated rings. The number of hydrogen-bond donors (Lipinski definition) is 1. The zero-order chi connectivity index (χ0) is 14.7. The van der Waals surface area contributed by atoms with Crippen LogP contribution < -0.4 is 0 Å². The minimum Gasteiger partial charge on any atom is -0.569 e. The Balaban J connectivity index is 3.97. The zero-order valence-electron chi connectivity index (χ0n) is 11.4. The number of aliphatic hydroxyl groups is 1. The molecule has 112 valence electrons. The number of hydrogen-bond acceptors (Lipinski definition) is 7. The van der Waals surface area contributed by atoms with Crippen LogP contribution in [0, 0.1) is 5.21 Å². The number of carbonyl (C=O) groups is 1. The molecule has 0 bridgehead atoms. The molecule has 0 rings (SSSR count). The fraction of sp³-hybridized carbons (Fsp3) is 0.900. The van der Waals surface area contributed by atoms with E-state index in [0.717, 1.165) is 0 Å². The number of rotatable bonds is 9. The lowest BCUT2D eigenvalue weighted by Gasteiger charge is -2.13. The SMILES string of the molecule is CCOC(=O)OC(C)O/N=[N+](\[O-])N(C)CCCCO. The lowest BCUT2D eigenvalue weighted by Crippen LogP contribution is -2.28. The number of hydrazine groups is 1. The summed E-state index contributed by atoms with van der Waals surface area (Å²) in [7, 11) is 1.52. The van der Waals surface area contributed by atoms with Crippen molar-refractivity contribution in [2.45, 2.75) is 33.0 Å². The maximum absolute atomic E-state index is 11.4. The Morgan fingerprint density at radius 1 is 1.53 bits per heavy atom. The normalized spacial score (nSPS) is 12.7. The maximum atomic E-state index is 11.4. The van der Waals surface area contributed by atoms with Gasteiger partial charge in [-0.15, -0.1) is 5.01 Å². The van der Waals surface area contributed by atoms with Crippen molar-refractivity contribution in [3.63, 3.8) is 0 Å². The van der Waals surface area contributed by atoms with Gasteiger partial charge in [-0.3, -0.25) is 4.84 Å². The lowest BCUT2D eigenvalue weighted by atomic mass is 10.3. The molecule has 0 aliphatic rings. The number of nitrogens with zero attached hydrogens (tertiary/aromatic N) is 3. The van der Waals surface area contributed by atoms with Crippen molar-refractivity contribution in [3.05, 3.63) is 5.21 Å². The Morgan fingerprint density at radius 3 is 2.79 bits per heavy atom. The molecule has 0 aromatic carbocycles. The van der Waals surface area contributed by atoms with E-state index in [1.165, 1.54) is 19.0 Å². The molecule has 1 unspecified atom stereocenters. The number of aliphatic hydroxyl groups excluding tert-OH is 1. The van der Waals surface area contributed by atoms with Crippen LogP contribution in [0.3, 0.4) is 0 Å². The van der Waals surface area contributed by atoms with Gasteiger partial charge in [0.25, 0.3) is 6.29 Å². The zero-order valence-corrected chi connectivity index (χ0v) is 11.4.